The standard InChI is InChI=1S/C13H16F2N2O4S/c14-11-2-1-10(7-12(11)15)22(20,21)16-8-9-3-5-17(6-4-9)13(18)19/h1-2,7,9,16H,3-6,8H2,(H,18,19). The van der Waals surface area contributed by atoms with E-state index in [4.69, 9.17) is 5.11 Å². The molecule has 0 unspecified atom stereocenters. The van der Waals surface area contributed by atoms with Gasteiger partial charge < -0.3 is 10.0 Å². The number of carboxylic acid groups (broad SMARTS) is 1. The molecule has 0 radical (unpaired) electrons. The molecule has 0 aromatic heterocycles. The maximum atomic E-state index is 13.1. The molecule has 1 aromatic rings. The lowest BCUT2D eigenvalue weighted by Crippen LogP contribution is -2.40. The second kappa shape index (κ2) is 6.57. The average molecular weight is 334 g/mol. The van der Waals surface area contributed by atoms with Crippen molar-refractivity contribution < 1.29 is 27.1 Å². The first-order valence-electron chi connectivity index (χ1n) is 6.72. The maximum absolute atomic E-state index is 13.1. The Balaban J connectivity index is 1.93. The summed E-state index contributed by atoms with van der Waals surface area (Å²) in [5.74, 6) is -2.33. The molecule has 1 aromatic carbocycles. The van der Waals surface area contributed by atoms with Crippen molar-refractivity contribution in [1.82, 2.24) is 9.62 Å². The maximum Gasteiger partial charge on any atom is 0.407 e. The summed E-state index contributed by atoms with van der Waals surface area (Å²) in [5.41, 5.74) is 0. The number of benzene rings is 1. The van der Waals surface area contributed by atoms with E-state index in [0.29, 0.717) is 32.0 Å². The van der Waals surface area contributed by atoms with Gasteiger partial charge in [-0.05, 0) is 37.0 Å². The van der Waals surface area contributed by atoms with Gasteiger partial charge in [0.15, 0.2) is 11.6 Å². The predicted octanol–water partition coefficient (Wildman–Crippen LogP) is 1.63. The van der Waals surface area contributed by atoms with Crippen LogP contribution in [0.1, 0.15) is 12.8 Å². The van der Waals surface area contributed by atoms with Crippen LogP contribution in [0, 0.1) is 17.6 Å². The average Bonchev–Trinajstić information content (AvgIpc) is 2.48. The smallest absolute Gasteiger partial charge is 0.407 e. The lowest BCUT2D eigenvalue weighted by molar-refractivity contribution is 0.125. The molecule has 9 heteroatoms. The summed E-state index contributed by atoms with van der Waals surface area (Å²) < 4.78 is 52.3. The van der Waals surface area contributed by atoms with E-state index in [1.165, 1.54) is 4.90 Å². The molecular weight excluding hydrogens is 318 g/mol. The van der Waals surface area contributed by atoms with Gasteiger partial charge in [-0.15, -0.1) is 0 Å². The third-order valence-corrected chi connectivity index (χ3v) is 5.07. The van der Waals surface area contributed by atoms with Crippen molar-refractivity contribution in [2.75, 3.05) is 19.6 Å². The number of amides is 1. The highest BCUT2D eigenvalue weighted by Crippen LogP contribution is 2.18. The Kier molecular flexibility index (Phi) is 4.97. The van der Waals surface area contributed by atoms with Crippen LogP contribution in [-0.2, 0) is 10.0 Å². The molecule has 22 heavy (non-hydrogen) atoms. The fourth-order valence-corrected chi connectivity index (χ4v) is 3.41. The van der Waals surface area contributed by atoms with Gasteiger partial charge in [-0.25, -0.2) is 26.7 Å². The van der Waals surface area contributed by atoms with Crippen LogP contribution in [0.5, 0.6) is 0 Å². The summed E-state index contributed by atoms with van der Waals surface area (Å²) in [6, 6.07) is 2.38. The van der Waals surface area contributed by atoms with Gasteiger partial charge in [0.1, 0.15) is 0 Å². The number of rotatable bonds is 4. The Bertz CT molecular complexity index is 658. The Hall–Kier alpha value is -1.74. The molecule has 1 amide bonds. The molecule has 1 saturated heterocycles. The molecule has 1 heterocycles. The number of nitrogens with one attached hydrogen (secondary N) is 1. The predicted molar refractivity (Wildman–Crippen MR) is 73.9 cm³/mol. The van der Waals surface area contributed by atoms with E-state index in [2.05, 4.69) is 4.72 Å². The third kappa shape index (κ3) is 3.92. The molecule has 0 spiro atoms. The van der Waals surface area contributed by atoms with E-state index < -0.39 is 27.8 Å². The highest BCUT2D eigenvalue weighted by atomic mass is 32.2. The van der Waals surface area contributed by atoms with E-state index >= 15 is 0 Å². The number of nitrogens with zero attached hydrogens (tertiary/aromatic N) is 1. The van der Waals surface area contributed by atoms with Crippen LogP contribution in [0.4, 0.5) is 13.6 Å². The summed E-state index contributed by atoms with van der Waals surface area (Å²) >= 11 is 0. The Morgan fingerprint density at radius 3 is 2.45 bits per heavy atom. The van der Waals surface area contributed by atoms with Crippen LogP contribution in [0.15, 0.2) is 23.1 Å². The Morgan fingerprint density at radius 1 is 1.27 bits per heavy atom. The number of carbonyl (C=O) groups is 1. The van der Waals surface area contributed by atoms with Gasteiger partial charge in [-0.3, -0.25) is 0 Å². The quantitative estimate of drug-likeness (QED) is 0.876. The lowest BCUT2D eigenvalue weighted by Gasteiger charge is -2.29. The van der Waals surface area contributed by atoms with Crippen molar-refractivity contribution in [3.63, 3.8) is 0 Å². The molecule has 0 aliphatic carbocycles. The minimum Gasteiger partial charge on any atom is -0.465 e. The number of sulfonamides is 1. The summed E-state index contributed by atoms with van der Waals surface area (Å²) in [6.45, 7) is 0.842. The van der Waals surface area contributed by atoms with Gasteiger partial charge in [-0.1, -0.05) is 0 Å². The molecule has 0 saturated carbocycles. The molecule has 122 valence electrons. The highest BCUT2D eigenvalue weighted by molar-refractivity contribution is 7.89. The number of likely N-dealkylation sites (tertiary alicyclic amines) is 1. The zero-order valence-electron chi connectivity index (χ0n) is 11.6. The van der Waals surface area contributed by atoms with E-state index in [1.54, 1.807) is 0 Å². The first-order chi connectivity index (χ1) is 10.3. The van der Waals surface area contributed by atoms with Crippen LogP contribution in [0.3, 0.4) is 0 Å². The number of hydrogen-bond donors (Lipinski definition) is 2. The van der Waals surface area contributed by atoms with Gasteiger partial charge in [0.2, 0.25) is 10.0 Å². The summed E-state index contributed by atoms with van der Waals surface area (Å²) in [4.78, 5) is 11.7. The second-order valence-electron chi connectivity index (χ2n) is 5.14. The first-order valence-corrected chi connectivity index (χ1v) is 8.20. The van der Waals surface area contributed by atoms with Gasteiger partial charge >= 0.3 is 6.09 Å². The number of halogens is 2. The van der Waals surface area contributed by atoms with E-state index in [1.807, 2.05) is 0 Å². The van der Waals surface area contributed by atoms with Gasteiger partial charge in [0.05, 0.1) is 4.90 Å². The summed E-state index contributed by atoms with van der Waals surface area (Å²) in [5, 5.41) is 8.83. The molecule has 2 rings (SSSR count). The Labute approximate surface area is 126 Å². The molecule has 0 atom stereocenters. The fraction of sp³-hybridized carbons (Fsp3) is 0.462. The van der Waals surface area contributed by atoms with Crippen LogP contribution in [-0.4, -0.2) is 44.2 Å². The zero-order valence-corrected chi connectivity index (χ0v) is 12.4. The topological polar surface area (TPSA) is 86.7 Å². The minimum atomic E-state index is -3.92. The van der Waals surface area contributed by atoms with Crippen LogP contribution >= 0.6 is 0 Å². The molecule has 6 nitrogen and oxygen atoms in total. The molecule has 1 aliphatic rings. The van der Waals surface area contributed by atoms with Crippen molar-refractivity contribution in [2.24, 2.45) is 5.92 Å². The third-order valence-electron chi connectivity index (χ3n) is 3.65. The summed E-state index contributed by atoms with van der Waals surface area (Å²) in [6.07, 6.45) is 0.111. The van der Waals surface area contributed by atoms with Crippen LogP contribution in [0.2, 0.25) is 0 Å². The minimum absolute atomic E-state index is 0.00988. The summed E-state index contributed by atoms with van der Waals surface area (Å²) in [7, 11) is -3.92. The zero-order chi connectivity index (χ0) is 16.3. The molecule has 1 fully saturated rings. The van der Waals surface area contributed by atoms with E-state index in [-0.39, 0.29) is 17.4 Å². The van der Waals surface area contributed by atoms with E-state index in [9.17, 15) is 22.0 Å². The highest BCUT2D eigenvalue weighted by Gasteiger charge is 2.24. The van der Waals surface area contributed by atoms with Crippen molar-refractivity contribution in [3.05, 3.63) is 29.8 Å². The van der Waals surface area contributed by atoms with Crippen molar-refractivity contribution in [3.8, 4) is 0 Å². The Morgan fingerprint density at radius 2 is 1.91 bits per heavy atom. The van der Waals surface area contributed by atoms with E-state index in [0.717, 1.165) is 12.1 Å². The number of hydrogen-bond acceptors (Lipinski definition) is 3. The van der Waals surface area contributed by atoms with Gasteiger partial charge in [0, 0.05) is 19.6 Å². The van der Waals surface area contributed by atoms with Crippen molar-refractivity contribution in [1.29, 1.82) is 0 Å². The SMILES string of the molecule is O=C(O)N1CCC(CNS(=O)(=O)c2ccc(F)c(F)c2)CC1. The lowest BCUT2D eigenvalue weighted by atomic mass is 9.97. The van der Waals surface area contributed by atoms with Gasteiger partial charge in [-0.2, -0.15) is 0 Å². The van der Waals surface area contributed by atoms with Crippen molar-refractivity contribution in [2.45, 2.75) is 17.7 Å². The first kappa shape index (κ1) is 16.6. The second-order valence-corrected chi connectivity index (χ2v) is 6.91. The van der Waals surface area contributed by atoms with Crippen LogP contribution < -0.4 is 4.72 Å². The van der Waals surface area contributed by atoms with Crippen molar-refractivity contribution >= 4 is 16.1 Å². The van der Waals surface area contributed by atoms with Crippen LogP contribution in [0.25, 0.3) is 0 Å². The monoisotopic (exact) mass is 334 g/mol. The molecule has 2 N–H and O–H groups in total. The van der Waals surface area contributed by atoms with Gasteiger partial charge in [0.25, 0.3) is 0 Å². The molecular formula is C13H16F2N2O4S. The molecule has 1 aliphatic heterocycles. The normalized spacial score (nSPS) is 16.7. The largest absolute Gasteiger partial charge is 0.465 e. The fourth-order valence-electron chi connectivity index (χ4n) is 2.28. The molecule has 0 bridgehead atoms. The number of piperidine rings is 1.